The van der Waals surface area contributed by atoms with E-state index in [-0.39, 0.29) is 0 Å². The molecule has 0 aliphatic heterocycles. The van der Waals surface area contributed by atoms with Gasteiger partial charge >= 0.3 is 0 Å². The quantitative estimate of drug-likeness (QED) is 0.917. The lowest BCUT2D eigenvalue weighted by molar-refractivity contribution is 0.0242. The third-order valence-corrected chi connectivity index (χ3v) is 4.06. The molecule has 2 heterocycles. The molecule has 1 fully saturated rings. The van der Waals surface area contributed by atoms with Crippen molar-refractivity contribution in [3.63, 3.8) is 0 Å². The van der Waals surface area contributed by atoms with Crippen LogP contribution >= 0.6 is 0 Å². The monoisotopic (exact) mass is 286 g/mol. The SMILES string of the molecule is Nc1ncccc1-c1cncn1CCOC1CCCCC1. The van der Waals surface area contributed by atoms with Gasteiger partial charge < -0.3 is 15.0 Å². The summed E-state index contributed by atoms with van der Waals surface area (Å²) < 4.78 is 8.06. The maximum absolute atomic E-state index is 5.98. The van der Waals surface area contributed by atoms with E-state index in [0.717, 1.165) is 17.8 Å². The van der Waals surface area contributed by atoms with Crippen LogP contribution in [-0.4, -0.2) is 27.2 Å². The number of aromatic nitrogens is 3. The first-order valence-electron chi connectivity index (χ1n) is 7.67. The summed E-state index contributed by atoms with van der Waals surface area (Å²) in [5.41, 5.74) is 7.86. The van der Waals surface area contributed by atoms with Crippen molar-refractivity contribution in [3.8, 4) is 11.3 Å². The van der Waals surface area contributed by atoms with Crippen LogP contribution in [0, 0.1) is 0 Å². The first-order valence-corrected chi connectivity index (χ1v) is 7.67. The van der Waals surface area contributed by atoms with Gasteiger partial charge in [0.15, 0.2) is 0 Å². The Morgan fingerprint density at radius 3 is 2.95 bits per heavy atom. The van der Waals surface area contributed by atoms with Crippen LogP contribution in [0.4, 0.5) is 5.82 Å². The Kier molecular flexibility index (Phi) is 4.50. The van der Waals surface area contributed by atoms with Gasteiger partial charge in [0, 0.05) is 18.3 Å². The zero-order valence-corrected chi connectivity index (χ0v) is 12.2. The van der Waals surface area contributed by atoms with Gasteiger partial charge in [0.1, 0.15) is 5.82 Å². The standard InChI is InChI=1S/C16H22N4O/c17-16-14(7-4-8-19-16)15-11-18-12-20(15)9-10-21-13-5-2-1-3-6-13/h4,7-8,11-13H,1-3,5-6,9-10H2,(H2,17,19). The van der Waals surface area contributed by atoms with Crippen molar-refractivity contribution in [1.82, 2.24) is 14.5 Å². The summed E-state index contributed by atoms with van der Waals surface area (Å²) in [6, 6.07) is 3.86. The summed E-state index contributed by atoms with van der Waals surface area (Å²) >= 11 is 0. The Morgan fingerprint density at radius 1 is 1.29 bits per heavy atom. The lowest BCUT2D eigenvalue weighted by atomic mass is 9.98. The molecule has 0 unspecified atom stereocenters. The summed E-state index contributed by atoms with van der Waals surface area (Å²) in [6.45, 7) is 1.51. The number of hydrogen-bond donors (Lipinski definition) is 1. The van der Waals surface area contributed by atoms with E-state index in [1.54, 1.807) is 6.20 Å². The van der Waals surface area contributed by atoms with Gasteiger partial charge in [0.2, 0.25) is 0 Å². The molecule has 0 atom stereocenters. The zero-order valence-electron chi connectivity index (χ0n) is 12.2. The van der Waals surface area contributed by atoms with E-state index in [1.807, 2.05) is 24.7 Å². The minimum absolute atomic E-state index is 0.439. The Bertz CT molecular complexity index is 575. The van der Waals surface area contributed by atoms with Crippen LogP contribution in [0.25, 0.3) is 11.3 Å². The van der Waals surface area contributed by atoms with E-state index in [1.165, 1.54) is 32.1 Å². The number of ether oxygens (including phenoxy) is 1. The molecule has 0 spiro atoms. The number of anilines is 1. The summed E-state index contributed by atoms with van der Waals surface area (Å²) in [7, 11) is 0. The molecule has 2 aromatic rings. The largest absolute Gasteiger partial charge is 0.383 e. The minimum Gasteiger partial charge on any atom is -0.383 e. The number of imidazole rings is 1. The number of nitrogen functional groups attached to an aromatic ring is 1. The fraction of sp³-hybridized carbons (Fsp3) is 0.500. The first-order chi connectivity index (χ1) is 10.3. The maximum atomic E-state index is 5.98. The molecule has 3 rings (SSSR count). The Hall–Kier alpha value is -1.88. The highest BCUT2D eigenvalue weighted by atomic mass is 16.5. The Morgan fingerprint density at radius 2 is 2.14 bits per heavy atom. The average molecular weight is 286 g/mol. The normalized spacial score (nSPS) is 16.2. The van der Waals surface area contributed by atoms with Crippen LogP contribution in [0.2, 0.25) is 0 Å². The van der Waals surface area contributed by atoms with Crippen LogP contribution in [0.15, 0.2) is 30.9 Å². The van der Waals surface area contributed by atoms with Gasteiger partial charge in [-0.05, 0) is 25.0 Å². The molecule has 1 saturated carbocycles. The fourth-order valence-corrected chi connectivity index (χ4v) is 2.91. The van der Waals surface area contributed by atoms with Crippen molar-refractivity contribution < 1.29 is 4.74 Å². The van der Waals surface area contributed by atoms with Crippen molar-refractivity contribution in [2.45, 2.75) is 44.8 Å². The highest BCUT2D eigenvalue weighted by Gasteiger charge is 2.14. The molecule has 21 heavy (non-hydrogen) atoms. The van der Waals surface area contributed by atoms with Gasteiger partial charge in [-0.2, -0.15) is 0 Å². The van der Waals surface area contributed by atoms with Gasteiger partial charge in [0.05, 0.1) is 30.9 Å². The zero-order chi connectivity index (χ0) is 14.5. The molecule has 5 nitrogen and oxygen atoms in total. The van der Waals surface area contributed by atoms with E-state index in [4.69, 9.17) is 10.5 Å². The summed E-state index contributed by atoms with van der Waals surface area (Å²) in [4.78, 5) is 8.36. The van der Waals surface area contributed by atoms with E-state index >= 15 is 0 Å². The predicted molar refractivity (Wildman–Crippen MR) is 82.7 cm³/mol. The number of rotatable bonds is 5. The Labute approximate surface area is 125 Å². The molecule has 0 aromatic carbocycles. The van der Waals surface area contributed by atoms with Crippen LogP contribution < -0.4 is 5.73 Å². The van der Waals surface area contributed by atoms with Gasteiger partial charge in [-0.25, -0.2) is 9.97 Å². The topological polar surface area (TPSA) is 66.0 Å². The van der Waals surface area contributed by atoms with Crippen molar-refractivity contribution in [2.24, 2.45) is 0 Å². The molecule has 2 aromatic heterocycles. The van der Waals surface area contributed by atoms with Crippen molar-refractivity contribution in [1.29, 1.82) is 0 Å². The molecule has 0 amide bonds. The van der Waals surface area contributed by atoms with Crippen molar-refractivity contribution >= 4 is 5.82 Å². The van der Waals surface area contributed by atoms with E-state index in [2.05, 4.69) is 14.5 Å². The second-order valence-corrected chi connectivity index (χ2v) is 5.54. The third kappa shape index (κ3) is 3.42. The van der Waals surface area contributed by atoms with Crippen molar-refractivity contribution in [2.75, 3.05) is 12.3 Å². The molecule has 1 aliphatic carbocycles. The van der Waals surface area contributed by atoms with Crippen LogP contribution in [-0.2, 0) is 11.3 Å². The van der Waals surface area contributed by atoms with Crippen molar-refractivity contribution in [3.05, 3.63) is 30.9 Å². The lowest BCUT2D eigenvalue weighted by Gasteiger charge is -2.22. The molecule has 5 heteroatoms. The highest BCUT2D eigenvalue weighted by molar-refractivity contribution is 5.70. The molecule has 1 aliphatic rings. The first kappa shape index (κ1) is 14.1. The van der Waals surface area contributed by atoms with E-state index in [0.29, 0.717) is 18.5 Å². The summed E-state index contributed by atoms with van der Waals surface area (Å²) in [5, 5.41) is 0. The van der Waals surface area contributed by atoms with Gasteiger partial charge in [-0.3, -0.25) is 0 Å². The van der Waals surface area contributed by atoms with Crippen LogP contribution in [0.3, 0.4) is 0 Å². The number of hydrogen-bond acceptors (Lipinski definition) is 4. The number of pyridine rings is 1. The average Bonchev–Trinajstić information content (AvgIpc) is 2.97. The molecule has 0 bridgehead atoms. The second kappa shape index (κ2) is 6.72. The van der Waals surface area contributed by atoms with E-state index in [9.17, 15) is 0 Å². The fourth-order valence-electron chi connectivity index (χ4n) is 2.91. The molecular formula is C16H22N4O. The summed E-state index contributed by atoms with van der Waals surface area (Å²) in [5.74, 6) is 0.535. The number of nitrogens with zero attached hydrogens (tertiary/aromatic N) is 3. The predicted octanol–water partition coefficient (Wildman–Crippen LogP) is 2.88. The van der Waals surface area contributed by atoms with Gasteiger partial charge in [-0.1, -0.05) is 19.3 Å². The highest BCUT2D eigenvalue weighted by Crippen LogP contribution is 2.24. The molecule has 0 saturated heterocycles. The molecule has 0 radical (unpaired) electrons. The Balaban J connectivity index is 1.62. The third-order valence-electron chi connectivity index (χ3n) is 4.06. The smallest absolute Gasteiger partial charge is 0.132 e. The number of nitrogens with two attached hydrogens (primary N) is 1. The van der Waals surface area contributed by atoms with Gasteiger partial charge in [0.25, 0.3) is 0 Å². The van der Waals surface area contributed by atoms with Gasteiger partial charge in [-0.15, -0.1) is 0 Å². The molecule has 112 valence electrons. The van der Waals surface area contributed by atoms with Crippen LogP contribution in [0.1, 0.15) is 32.1 Å². The minimum atomic E-state index is 0.439. The lowest BCUT2D eigenvalue weighted by Crippen LogP contribution is -2.19. The molecular weight excluding hydrogens is 264 g/mol. The van der Waals surface area contributed by atoms with Crippen LogP contribution in [0.5, 0.6) is 0 Å². The molecule has 2 N–H and O–H groups in total. The maximum Gasteiger partial charge on any atom is 0.132 e. The van der Waals surface area contributed by atoms with E-state index < -0.39 is 0 Å². The summed E-state index contributed by atoms with van der Waals surface area (Å²) in [6.07, 6.45) is 12.1. The second-order valence-electron chi connectivity index (χ2n) is 5.54.